The molecule has 5 nitrogen and oxygen atoms in total. The van der Waals surface area contributed by atoms with Crippen molar-refractivity contribution in [2.24, 2.45) is 0 Å². The fourth-order valence-electron chi connectivity index (χ4n) is 8.26. The lowest BCUT2D eigenvalue weighted by atomic mass is 9.94. The van der Waals surface area contributed by atoms with Gasteiger partial charge in [-0.05, 0) is 47.5 Å². The van der Waals surface area contributed by atoms with Crippen LogP contribution in [-0.4, -0.2) is 15.0 Å². The van der Waals surface area contributed by atoms with Gasteiger partial charge in [0.1, 0.15) is 22.3 Å². The minimum atomic E-state index is 0.593. The molecule has 0 saturated carbocycles. The predicted octanol–water partition coefficient (Wildman–Crippen LogP) is 14.4. The number of hydrogen-bond acceptors (Lipinski definition) is 6. The van der Waals surface area contributed by atoms with Gasteiger partial charge in [0.05, 0.1) is 0 Å². The molecule has 6 heteroatoms. The van der Waals surface area contributed by atoms with E-state index in [0.717, 1.165) is 77.3 Å². The van der Waals surface area contributed by atoms with E-state index >= 15 is 0 Å². The Hall–Kier alpha value is -7.41. The monoisotopic (exact) mass is 747 g/mol. The number of aromatic nitrogens is 3. The maximum absolute atomic E-state index is 6.68. The Bertz CT molecular complexity index is 3470. The smallest absolute Gasteiger partial charge is 0.164 e. The Labute approximate surface area is 330 Å². The molecule has 0 aliphatic rings. The van der Waals surface area contributed by atoms with Gasteiger partial charge >= 0.3 is 0 Å². The zero-order valence-corrected chi connectivity index (χ0v) is 31.1. The van der Waals surface area contributed by atoms with Crippen LogP contribution in [0.15, 0.2) is 185 Å². The lowest BCUT2D eigenvalue weighted by molar-refractivity contribution is 0.669. The first-order valence-corrected chi connectivity index (χ1v) is 19.7. The molecule has 0 aliphatic carbocycles. The van der Waals surface area contributed by atoms with E-state index in [9.17, 15) is 0 Å². The molecule has 12 rings (SSSR count). The first kappa shape index (κ1) is 31.9. The highest BCUT2D eigenvalue weighted by Gasteiger charge is 2.20. The van der Waals surface area contributed by atoms with Crippen LogP contribution in [0.3, 0.4) is 0 Å². The summed E-state index contributed by atoms with van der Waals surface area (Å²) in [6.45, 7) is 0. The molecule has 266 valence electrons. The molecular weight excluding hydrogens is 719 g/mol. The van der Waals surface area contributed by atoms with Crippen molar-refractivity contribution in [2.75, 3.05) is 0 Å². The van der Waals surface area contributed by atoms with E-state index in [1.54, 1.807) is 0 Å². The van der Waals surface area contributed by atoms with Crippen LogP contribution in [0.1, 0.15) is 0 Å². The Morgan fingerprint density at radius 2 is 0.912 bits per heavy atom. The summed E-state index contributed by atoms with van der Waals surface area (Å²) in [4.78, 5) is 14.8. The maximum Gasteiger partial charge on any atom is 0.164 e. The lowest BCUT2D eigenvalue weighted by Crippen LogP contribution is -2.00. The van der Waals surface area contributed by atoms with Crippen molar-refractivity contribution in [3.63, 3.8) is 0 Å². The molecule has 0 bridgehead atoms. The number of nitrogens with zero attached hydrogens (tertiary/aromatic N) is 3. The van der Waals surface area contributed by atoms with Gasteiger partial charge in [0, 0.05) is 69.5 Å². The third kappa shape index (κ3) is 5.12. The van der Waals surface area contributed by atoms with Gasteiger partial charge in [0.25, 0.3) is 0 Å². The van der Waals surface area contributed by atoms with Crippen molar-refractivity contribution in [3.8, 4) is 56.4 Å². The average molecular weight is 748 g/mol. The molecule has 4 heterocycles. The normalized spacial score (nSPS) is 11.9. The Morgan fingerprint density at radius 3 is 1.65 bits per heavy atom. The zero-order valence-electron chi connectivity index (χ0n) is 30.3. The number of furan rings is 2. The van der Waals surface area contributed by atoms with Crippen LogP contribution in [0.5, 0.6) is 0 Å². The van der Waals surface area contributed by atoms with Gasteiger partial charge in [-0.3, -0.25) is 0 Å². The molecule has 0 aliphatic heterocycles. The fourth-order valence-corrected chi connectivity index (χ4v) is 9.52. The zero-order chi connectivity index (χ0) is 37.5. The molecule has 8 aromatic carbocycles. The topological polar surface area (TPSA) is 65.0 Å². The van der Waals surface area contributed by atoms with Crippen molar-refractivity contribution < 1.29 is 8.83 Å². The van der Waals surface area contributed by atoms with E-state index in [4.69, 9.17) is 23.8 Å². The second-order valence-corrected chi connectivity index (χ2v) is 15.4. The molecular formula is C51H29N3O2S. The maximum atomic E-state index is 6.68. The fraction of sp³-hybridized carbons (Fsp3) is 0. The summed E-state index contributed by atoms with van der Waals surface area (Å²) < 4.78 is 15.7. The predicted molar refractivity (Wildman–Crippen MR) is 234 cm³/mol. The molecule has 12 aromatic rings. The molecule has 4 aromatic heterocycles. The minimum absolute atomic E-state index is 0.593. The molecule has 0 unspecified atom stereocenters. The van der Waals surface area contributed by atoms with Crippen molar-refractivity contribution in [3.05, 3.63) is 176 Å². The summed E-state index contributed by atoms with van der Waals surface area (Å²) in [6.07, 6.45) is 0. The third-order valence-corrected chi connectivity index (χ3v) is 12.2. The van der Waals surface area contributed by atoms with E-state index in [0.29, 0.717) is 17.5 Å². The van der Waals surface area contributed by atoms with E-state index in [2.05, 4.69) is 97.1 Å². The summed E-state index contributed by atoms with van der Waals surface area (Å²) in [7, 11) is 0. The summed E-state index contributed by atoms with van der Waals surface area (Å²) >= 11 is 1.83. The van der Waals surface area contributed by atoms with Crippen LogP contribution >= 0.6 is 11.3 Å². The van der Waals surface area contributed by atoms with Crippen LogP contribution in [0.2, 0.25) is 0 Å². The van der Waals surface area contributed by atoms with E-state index < -0.39 is 0 Å². The van der Waals surface area contributed by atoms with E-state index in [-0.39, 0.29) is 0 Å². The summed E-state index contributed by atoms with van der Waals surface area (Å²) in [5.74, 6) is 1.85. The van der Waals surface area contributed by atoms with Gasteiger partial charge in [-0.25, -0.2) is 15.0 Å². The Kier molecular flexibility index (Phi) is 7.03. The highest BCUT2D eigenvalue weighted by Crippen LogP contribution is 2.47. The summed E-state index contributed by atoms with van der Waals surface area (Å²) in [6, 6.07) is 60.9. The molecule has 0 saturated heterocycles. The summed E-state index contributed by atoms with van der Waals surface area (Å²) in [5, 5.41) is 6.84. The number of fused-ring (bicyclic) bond motifs is 9. The van der Waals surface area contributed by atoms with Gasteiger partial charge in [0.2, 0.25) is 0 Å². The van der Waals surface area contributed by atoms with Gasteiger partial charge < -0.3 is 8.83 Å². The van der Waals surface area contributed by atoms with Crippen molar-refractivity contribution in [2.45, 2.75) is 0 Å². The molecule has 0 amide bonds. The highest BCUT2D eigenvalue weighted by molar-refractivity contribution is 7.26. The first-order valence-electron chi connectivity index (χ1n) is 18.9. The number of rotatable bonds is 5. The van der Waals surface area contributed by atoms with Crippen molar-refractivity contribution >= 4 is 75.4 Å². The van der Waals surface area contributed by atoms with Gasteiger partial charge in [-0.2, -0.15) is 0 Å². The molecule has 0 atom stereocenters. The molecule has 0 radical (unpaired) electrons. The largest absolute Gasteiger partial charge is 0.456 e. The quantitative estimate of drug-likeness (QED) is 0.175. The molecule has 0 fully saturated rings. The first-order chi connectivity index (χ1) is 28.2. The number of hydrogen-bond donors (Lipinski definition) is 0. The molecule has 0 N–H and O–H groups in total. The van der Waals surface area contributed by atoms with E-state index in [1.807, 2.05) is 90.2 Å². The van der Waals surface area contributed by atoms with Crippen LogP contribution in [0.25, 0.3) is 120 Å². The van der Waals surface area contributed by atoms with Crippen LogP contribution in [-0.2, 0) is 0 Å². The van der Waals surface area contributed by atoms with Crippen molar-refractivity contribution in [1.29, 1.82) is 0 Å². The lowest BCUT2D eigenvalue weighted by Gasteiger charge is -2.10. The number of thiophene rings is 1. The Morgan fingerprint density at radius 1 is 0.351 bits per heavy atom. The van der Waals surface area contributed by atoms with E-state index in [1.165, 1.54) is 25.7 Å². The van der Waals surface area contributed by atoms with Crippen LogP contribution in [0.4, 0.5) is 0 Å². The molecule has 0 spiro atoms. The van der Waals surface area contributed by atoms with Gasteiger partial charge in [0.15, 0.2) is 17.5 Å². The third-order valence-electron chi connectivity index (χ3n) is 11.0. The molecule has 57 heavy (non-hydrogen) atoms. The van der Waals surface area contributed by atoms with Crippen LogP contribution in [0, 0.1) is 0 Å². The van der Waals surface area contributed by atoms with Crippen LogP contribution < -0.4 is 0 Å². The highest BCUT2D eigenvalue weighted by atomic mass is 32.1. The average Bonchev–Trinajstić information content (AvgIpc) is 3.98. The summed E-state index contributed by atoms with van der Waals surface area (Å²) in [5.41, 5.74) is 10.7. The number of benzene rings is 8. The second-order valence-electron chi connectivity index (χ2n) is 14.3. The minimum Gasteiger partial charge on any atom is -0.456 e. The SMILES string of the molecule is c1ccc(-c2nc(-c3ccccc3)nc(-c3ccc4c(c3)oc3cc(-c5ccc(-c6cccc7c6oc6ccccc67)c6sc7ccccc7c56)ccc34)n2)cc1. The van der Waals surface area contributed by atoms with Crippen molar-refractivity contribution in [1.82, 2.24) is 15.0 Å². The van der Waals surface area contributed by atoms with Gasteiger partial charge in [-0.15, -0.1) is 11.3 Å². The Balaban J connectivity index is 0.999. The number of para-hydroxylation sites is 2. The standard InChI is InChI=1S/C51H29N3O2S/c1-3-12-30(13-4-1)49-52-50(31-14-5-2-6-15-31)54-51(53-49)33-23-25-37-36-24-22-32(28-43(36)55-44(37)29-33)34-26-27-40(48-46(34)41-17-8-10-21-45(41)57-48)39-19-11-18-38-35-16-7-9-20-42(35)56-47(38)39/h1-29H. The second kappa shape index (κ2) is 12.6. The van der Waals surface area contributed by atoms with Gasteiger partial charge in [-0.1, -0.05) is 140 Å².